The molecule has 80 valence electrons. The van der Waals surface area contributed by atoms with Gasteiger partial charge in [0.25, 0.3) is 0 Å². The molecule has 0 saturated heterocycles. The number of halogens is 2. The molecule has 1 aromatic heterocycles. The summed E-state index contributed by atoms with van der Waals surface area (Å²) in [6.45, 7) is 6.75. The third-order valence-electron chi connectivity index (χ3n) is 2.47. The van der Waals surface area contributed by atoms with Crippen LogP contribution in [0.15, 0.2) is 9.85 Å². The van der Waals surface area contributed by atoms with Gasteiger partial charge < -0.3 is 0 Å². The van der Waals surface area contributed by atoms with Gasteiger partial charge in [0.05, 0.1) is 3.79 Å². The maximum absolute atomic E-state index is 3.80. The summed E-state index contributed by atoms with van der Waals surface area (Å²) in [5, 5.41) is 0. The third-order valence-corrected chi connectivity index (χ3v) is 5.43. The number of hydrogen-bond donors (Lipinski definition) is 0. The van der Waals surface area contributed by atoms with E-state index in [4.69, 9.17) is 0 Å². The summed E-state index contributed by atoms with van der Waals surface area (Å²) in [7, 11) is 0. The van der Waals surface area contributed by atoms with E-state index in [9.17, 15) is 0 Å². The number of aryl methyl sites for hydroxylation is 1. The molecule has 0 saturated carbocycles. The Morgan fingerprint density at radius 2 is 2.14 bits per heavy atom. The Balaban J connectivity index is 2.77. The molecule has 1 heterocycles. The molecule has 14 heavy (non-hydrogen) atoms. The van der Waals surface area contributed by atoms with Crippen molar-refractivity contribution < 1.29 is 0 Å². The van der Waals surface area contributed by atoms with E-state index in [-0.39, 0.29) is 0 Å². The molecule has 1 aromatic rings. The van der Waals surface area contributed by atoms with Crippen LogP contribution in [0.4, 0.5) is 0 Å². The fraction of sp³-hybridized carbons (Fsp3) is 0.636. The fourth-order valence-electron chi connectivity index (χ4n) is 1.64. The lowest BCUT2D eigenvalue weighted by Gasteiger charge is -2.17. The Morgan fingerprint density at radius 1 is 1.50 bits per heavy atom. The Labute approximate surface area is 107 Å². The van der Waals surface area contributed by atoms with Gasteiger partial charge in [0.15, 0.2) is 0 Å². The van der Waals surface area contributed by atoms with E-state index in [1.54, 1.807) is 0 Å². The Kier molecular flexibility index (Phi) is 5.15. The van der Waals surface area contributed by atoms with Crippen molar-refractivity contribution in [3.63, 3.8) is 0 Å². The molecular formula is C11H16Br2S. The van der Waals surface area contributed by atoms with Gasteiger partial charge in [0.2, 0.25) is 0 Å². The van der Waals surface area contributed by atoms with Gasteiger partial charge in [-0.3, -0.25) is 0 Å². The summed E-state index contributed by atoms with van der Waals surface area (Å²) < 4.78 is 1.23. The van der Waals surface area contributed by atoms with Gasteiger partial charge in [-0.15, -0.1) is 11.3 Å². The first-order valence-corrected chi connectivity index (χ1v) is 7.48. The molecule has 2 atom stereocenters. The third kappa shape index (κ3) is 3.07. The van der Waals surface area contributed by atoms with E-state index in [0.717, 1.165) is 0 Å². The first-order chi connectivity index (χ1) is 6.56. The quantitative estimate of drug-likeness (QED) is 0.618. The predicted octanol–water partition coefficient (Wildman–Crippen LogP) is 5.69. The van der Waals surface area contributed by atoms with Crippen LogP contribution >= 0.6 is 43.2 Å². The summed E-state index contributed by atoms with van der Waals surface area (Å²) in [5.74, 6) is 0.709. The number of thiophene rings is 1. The van der Waals surface area contributed by atoms with Crippen molar-refractivity contribution in [3.8, 4) is 0 Å². The van der Waals surface area contributed by atoms with Crippen molar-refractivity contribution in [3.05, 3.63) is 20.3 Å². The maximum Gasteiger partial charge on any atom is 0.0704 e. The van der Waals surface area contributed by atoms with Crippen LogP contribution in [0.1, 0.15) is 42.0 Å². The van der Waals surface area contributed by atoms with Crippen molar-refractivity contribution in [1.29, 1.82) is 0 Å². The van der Waals surface area contributed by atoms with Crippen molar-refractivity contribution in [2.75, 3.05) is 0 Å². The van der Waals surface area contributed by atoms with E-state index in [1.807, 2.05) is 11.3 Å². The minimum absolute atomic E-state index is 0.505. The van der Waals surface area contributed by atoms with Crippen molar-refractivity contribution in [1.82, 2.24) is 0 Å². The lowest BCUT2D eigenvalue weighted by Crippen LogP contribution is -2.03. The standard InChI is InChI=1S/C11H16Br2S/c1-4-5-7(2)11(13)9-6-10(12)14-8(9)3/h6-7,11H,4-5H2,1-3H3. The zero-order valence-electron chi connectivity index (χ0n) is 8.81. The lowest BCUT2D eigenvalue weighted by molar-refractivity contribution is 0.518. The van der Waals surface area contributed by atoms with Crippen LogP contribution in [0, 0.1) is 12.8 Å². The molecule has 0 fully saturated rings. The van der Waals surface area contributed by atoms with E-state index in [2.05, 4.69) is 58.7 Å². The highest BCUT2D eigenvalue weighted by molar-refractivity contribution is 9.11. The Bertz CT molecular complexity index is 293. The van der Waals surface area contributed by atoms with Crippen LogP contribution in [0.3, 0.4) is 0 Å². The van der Waals surface area contributed by atoms with E-state index in [0.29, 0.717) is 10.7 Å². The zero-order valence-corrected chi connectivity index (χ0v) is 12.8. The van der Waals surface area contributed by atoms with Gasteiger partial charge in [-0.25, -0.2) is 0 Å². The molecule has 0 aliphatic rings. The van der Waals surface area contributed by atoms with Crippen LogP contribution in [-0.2, 0) is 0 Å². The topological polar surface area (TPSA) is 0 Å². The number of hydrogen-bond acceptors (Lipinski definition) is 1. The van der Waals surface area contributed by atoms with Crippen LogP contribution in [-0.4, -0.2) is 0 Å². The second-order valence-electron chi connectivity index (χ2n) is 3.73. The van der Waals surface area contributed by atoms with Gasteiger partial charge in [-0.1, -0.05) is 36.2 Å². The molecule has 0 N–H and O–H groups in total. The smallest absolute Gasteiger partial charge is 0.0704 e. The van der Waals surface area contributed by atoms with Gasteiger partial charge in [-0.2, -0.15) is 0 Å². The number of rotatable bonds is 4. The van der Waals surface area contributed by atoms with Gasteiger partial charge in [-0.05, 0) is 46.8 Å². The van der Waals surface area contributed by atoms with Crippen LogP contribution < -0.4 is 0 Å². The summed E-state index contributed by atoms with van der Waals surface area (Å²) in [5.41, 5.74) is 1.45. The molecule has 0 aliphatic carbocycles. The normalized spacial score (nSPS) is 15.5. The SMILES string of the molecule is CCCC(C)C(Br)c1cc(Br)sc1C. The fourth-order valence-corrected chi connectivity index (χ4v) is 4.29. The lowest BCUT2D eigenvalue weighted by atomic mass is 9.97. The van der Waals surface area contributed by atoms with Crippen molar-refractivity contribution >= 4 is 43.2 Å². The predicted molar refractivity (Wildman–Crippen MR) is 72.5 cm³/mol. The van der Waals surface area contributed by atoms with E-state index in [1.165, 1.54) is 27.1 Å². The second kappa shape index (κ2) is 5.66. The van der Waals surface area contributed by atoms with Gasteiger partial charge >= 0.3 is 0 Å². The average molecular weight is 340 g/mol. The summed E-state index contributed by atoms with van der Waals surface area (Å²) in [4.78, 5) is 1.92. The second-order valence-corrected chi connectivity index (χ2v) is 7.35. The molecular weight excluding hydrogens is 324 g/mol. The van der Waals surface area contributed by atoms with Crippen LogP contribution in [0.5, 0.6) is 0 Å². The summed E-state index contributed by atoms with van der Waals surface area (Å²) >= 11 is 9.16. The van der Waals surface area contributed by atoms with E-state index < -0.39 is 0 Å². The molecule has 0 bridgehead atoms. The summed E-state index contributed by atoms with van der Waals surface area (Å²) in [6, 6.07) is 2.24. The molecule has 0 spiro atoms. The van der Waals surface area contributed by atoms with Gasteiger partial charge in [0.1, 0.15) is 0 Å². The molecule has 0 aromatic carbocycles. The highest BCUT2D eigenvalue weighted by Crippen LogP contribution is 2.39. The highest BCUT2D eigenvalue weighted by Gasteiger charge is 2.18. The van der Waals surface area contributed by atoms with Crippen LogP contribution in [0.2, 0.25) is 0 Å². The Hall–Kier alpha value is 0.660. The molecule has 1 rings (SSSR count). The molecule has 2 unspecified atom stereocenters. The molecule has 0 nitrogen and oxygen atoms in total. The van der Waals surface area contributed by atoms with Crippen molar-refractivity contribution in [2.24, 2.45) is 5.92 Å². The molecule has 3 heteroatoms. The molecule has 0 amide bonds. The first kappa shape index (κ1) is 12.7. The van der Waals surface area contributed by atoms with Gasteiger partial charge in [0, 0.05) is 9.70 Å². The minimum atomic E-state index is 0.505. The van der Waals surface area contributed by atoms with Crippen molar-refractivity contribution in [2.45, 2.75) is 38.4 Å². The zero-order chi connectivity index (χ0) is 10.7. The number of alkyl halides is 1. The minimum Gasteiger partial charge on any atom is -0.133 e. The summed E-state index contributed by atoms with van der Waals surface area (Å²) in [6.07, 6.45) is 2.54. The largest absolute Gasteiger partial charge is 0.133 e. The highest BCUT2D eigenvalue weighted by atomic mass is 79.9. The van der Waals surface area contributed by atoms with E-state index >= 15 is 0 Å². The maximum atomic E-state index is 3.80. The molecule has 0 radical (unpaired) electrons. The first-order valence-electron chi connectivity index (χ1n) is 4.96. The average Bonchev–Trinajstić information content (AvgIpc) is 2.44. The monoisotopic (exact) mass is 338 g/mol. The molecule has 0 aliphatic heterocycles. The van der Waals surface area contributed by atoms with Crippen LogP contribution in [0.25, 0.3) is 0 Å². The Morgan fingerprint density at radius 3 is 2.57 bits per heavy atom.